The first-order valence-electron chi connectivity index (χ1n) is 8.06. The molecule has 5 nitrogen and oxygen atoms in total. The molecule has 0 atom stereocenters. The Morgan fingerprint density at radius 2 is 1.74 bits per heavy atom. The van der Waals surface area contributed by atoms with E-state index in [0.717, 1.165) is 37.6 Å². The minimum atomic E-state index is -2.83. The van der Waals surface area contributed by atoms with Crippen LogP contribution in [0.4, 0.5) is 4.39 Å². The second kappa shape index (κ2) is 6.75. The van der Waals surface area contributed by atoms with E-state index in [9.17, 15) is 17.9 Å². The first kappa shape index (κ1) is 16.7. The summed E-state index contributed by atoms with van der Waals surface area (Å²) in [4.78, 5) is 4.55. The first-order valence-corrected chi connectivity index (χ1v) is 9.89. The summed E-state index contributed by atoms with van der Waals surface area (Å²) < 4.78 is 36.3. The van der Waals surface area contributed by atoms with Gasteiger partial charge in [0.2, 0.25) is 0 Å². The van der Waals surface area contributed by atoms with Crippen LogP contribution in [0, 0.1) is 5.82 Å². The summed E-state index contributed by atoms with van der Waals surface area (Å²) in [6.45, 7) is 3.73. The predicted octanol–water partition coefficient (Wildman–Crippen LogP) is 1.23. The number of sulfone groups is 1. The zero-order chi connectivity index (χ0) is 16.4. The molecule has 2 heterocycles. The van der Waals surface area contributed by atoms with Gasteiger partial charge in [0.05, 0.1) is 11.5 Å². The van der Waals surface area contributed by atoms with Crippen molar-refractivity contribution in [2.45, 2.75) is 25.4 Å². The van der Waals surface area contributed by atoms with Crippen molar-refractivity contribution in [3.05, 3.63) is 29.6 Å². The van der Waals surface area contributed by atoms with Gasteiger partial charge in [-0.3, -0.25) is 9.80 Å². The van der Waals surface area contributed by atoms with Gasteiger partial charge in [-0.1, -0.05) is 0 Å². The maximum absolute atomic E-state index is 13.3. The number of rotatable bonds is 3. The fraction of sp³-hybridized carbons (Fsp3) is 0.625. The molecule has 128 valence electrons. The quantitative estimate of drug-likeness (QED) is 0.895. The minimum absolute atomic E-state index is 0.0376. The van der Waals surface area contributed by atoms with E-state index in [1.54, 1.807) is 6.07 Å². The third-order valence-electron chi connectivity index (χ3n) is 4.80. The number of likely N-dealkylation sites (tertiary alicyclic amines) is 1. The van der Waals surface area contributed by atoms with Crippen molar-refractivity contribution >= 4 is 9.84 Å². The highest BCUT2D eigenvalue weighted by molar-refractivity contribution is 7.91. The van der Waals surface area contributed by atoms with Crippen molar-refractivity contribution in [3.8, 4) is 5.75 Å². The average Bonchev–Trinajstić information content (AvgIpc) is 2.47. The Bertz CT molecular complexity index is 623. The van der Waals surface area contributed by atoms with Crippen molar-refractivity contribution in [2.24, 2.45) is 0 Å². The summed E-state index contributed by atoms with van der Waals surface area (Å²) in [6.07, 6.45) is 2.00. The van der Waals surface area contributed by atoms with Crippen LogP contribution in [0.1, 0.15) is 18.4 Å². The molecule has 2 saturated heterocycles. The topological polar surface area (TPSA) is 60.9 Å². The van der Waals surface area contributed by atoms with E-state index in [-0.39, 0.29) is 17.3 Å². The highest BCUT2D eigenvalue weighted by Gasteiger charge is 2.29. The van der Waals surface area contributed by atoms with Crippen LogP contribution in [0.5, 0.6) is 5.75 Å². The fourth-order valence-corrected chi connectivity index (χ4v) is 4.75. The molecule has 0 aromatic heterocycles. The van der Waals surface area contributed by atoms with Crippen LogP contribution in [-0.4, -0.2) is 67.1 Å². The summed E-state index contributed by atoms with van der Waals surface area (Å²) in [6, 6.07) is 4.62. The van der Waals surface area contributed by atoms with Gasteiger partial charge in [0.15, 0.2) is 9.84 Å². The normalized spacial score (nSPS) is 23.9. The molecular formula is C16H23FN2O3S. The van der Waals surface area contributed by atoms with Gasteiger partial charge < -0.3 is 5.11 Å². The van der Waals surface area contributed by atoms with E-state index >= 15 is 0 Å². The molecule has 0 radical (unpaired) electrons. The molecule has 0 unspecified atom stereocenters. The highest BCUT2D eigenvalue weighted by atomic mass is 32.2. The van der Waals surface area contributed by atoms with E-state index < -0.39 is 15.7 Å². The third-order valence-corrected chi connectivity index (χ3v) is 6.41. The fourth-order valence-electron chi connectivity index (χ4n) is 3.52. The number of piperidine rings is 1. The van der Waals surface area contributed by atoms with Crippen LogP contribution in [0.25, 0.3) is 0 Å². The lowest BCUT2D eigenvalue weighted by Gasteiger charge is -2.40. The maximum atomic E-state index is 13.3. The van der Waals surface area contributed by atoms with Gasteiger partial charge in [-0.15, -0.1) is 0 Å². The van der Waals surface area contributed by atoms with E-state index in [1.807, 2.05) is 0 Å². The van der Waals surface area contributed by atoms with Crippen molar-refractivity contribution in [1.82, 2.24) is 9.80 Å². The van der Waals surface area contributed by atoms with E-state index in [4.69, 9.17) is 0 Å². The van der Waals surface area contributed by atoms with Crippen LogP contribution >= 0.6 is 0 Å². The van der Waals surface area contributed by atoms with Crippen molar-refractivity contribution in [3.63, 3.8) is 0 Å². The Morgan fingerprint density at radius 1 is 1.09 bits per heavy atom. The highest BCUT2D eigenvalue weighted by Crippen LogP contribution is 2.22. The van der Waals surface area contributed by atoms with Crippen molar-refractivity contribution in [2.75, 3.05) is 37.7 Å². The largest absolute Gasteiger partial charge is 0.508 e. The molecule has 2 fully saturated rings. The molecule has 7 heteroatoms. The van der Waals surface area contributed by atoms with Crippen LogP contribution in [0.15, 0.2) is 18.2 Å². The molecule has 0 spiro atoms. The van der Waals surface area contributed by atoms with Crippen molar-refractivity contribution < 1.29 is 17.9 Å². The zero-order valence-electron chi connectivity index (χ0n) is 13.1. The number of hydrogen-bond acceptors (Lipinski definition) is 5. The van der Waals surface area contributed by atoms with Gasteiger partial charge in [-0.2, -0.15) is 0 Å². The molecule has 23 heavy (non-hydrogen) atoms. The molecule has 0 saturated carbocycles. The van der Waals surface area contributed by atoms with Crippen molar-refractivity contribution in [1.29, 1.82) is 0 Å². The zero-order valence-corrected chi connectivity index (χ0v) is 13.9. The Hall–Kier alpha value is -1.18. The van der Waals surface area contributed by atoms with Crippen LogP contribution in [0.3, 0.4) is 0 Å². The number of halogens is 1. The predicted molar refractivity (Wildman–Crippen MR) is 86.6 cm³/mol. The van der Waals surface area contributed by atoms with Gasteiger partial charge >= 0.3 is 0 Å². The van der Waals surface area contributed by atoms with E-state index in [1.165, 1.54) is 6.07 Å². The summed E-state index contributed by atoms with van der Waals surface area (Å²) in [5, 5.41) is 9.46. The lowest BCUT2D eigenvalue weighted by molar-refractivity contribution is 0.111. The van der Waals surface area contributed by atoms with Crippen LogP contribution in [0.2, 0.25) is 0 Å². The summed E-state index contributed by atoms with van der Waals surface area (Å²) in [5.74, 6) is 0.0970. The maximum Gasteiger partial charge on any atom is 0.152 e. The van der Waals surface area contributed by atoms with E-state index in [0.29, 0.717) is 25.7 Å². The number of nitrogens with zero attached hydrogens (tertiary/aromatic N) is 2. The first-order chi connectivity index (χ1) is 10.9. The number of benzene rings is 1. The SMILES string of the molecule is O=S1(=O)CCN(C2CCN(Cc3cc(O)cc(F)c3)CC2)CC1. The third kappa shape index (κ3) is 4.43. The van der Waals surface area contributed by atoms with Gasteiger partial charge in [0.1, 0.15) is 11.6 Å². The number of phenols is 1. The van der Waals surface area contributed by atoms with Crippen LogP contribution in [-0.2, 0) is 16.4 Å². The van der Waals surface area contributed by atoms with Gasteiger partial charge in [-0.05, 0) is 43.6 Å². The monoisotopic (exact) mass is 342 g/mol. The lowest BCUT2D eigenvalue weighted by Crippen LogP contribution is -2.50. The molecule has 2 aliphatic heterocycles. The summed E-state index contributed by atoms with van der Waals surface area (Å²) in [5.41, 5.74) is 0.782. The molecule has 1 aromatic carbocycles. The Kier molecular flexibility index (Phi) is 4.89. The van der Waals surface area contributed by atoms with Gasteiger partial charge in [-0.25, -0.2) is 12.8 Å². The molecule has 2 aliphatic rings. The van der Waals surface area contributed by atoms with Gasteiger partial charge in [0.25, 0.3) is 0 Å². The molecule has 3 rings (SSSR count). The van der Waals surface area contributed by atoms with Gasteiger partial charge in [0, 0.05) is 31.7 Å². The number of aromatic hydroxyl groups is 1. The summed E-state index contributed by atoms with van der Waals surface area (Å²) in [7, 11) is -2.83. The Labute approximate surface area is 136 Å². The summed E-state index contributed by atoms with van der Waals surface area (Å²) >= 11 is 0. The molecular weight excluding hydrogens is 319 g/mol. The molecule has 1 N–H and O–H groups in total. The second-order valence-corrected chi connectivity index (χ2v) is 8.82. The molecule has 0 amide bonds. The molecule has 1 aromatic rings. The lowest BCUT2D eigenvalue weighted by atomic mass is 10.0. The minimum Gasteiger partial charge on any atom is -0.508 e. The van der Waals surface area contributed by atoms with Crippen LogP contribution < -0.4 is 0 Å². The second-order valence-electron chi connectivity index (χ2n) is 6.51. The number of hydrogen-bond donors (Lipinski definition) is 1. The standard InChI is InChI=1S/C16H23FN2O3S/c17-14-9-13(10-16(20)11-14)12-18-3-1-15(2-4-18)19-5-7-23(21,22)8-6-19/h9-11,15,20H,1-8,12H2. The smallest absolute Gasteiger partial charge is 0.152 e. The Balaban J connectivity index is 1.50. The van der Waals surface area contributed by atoms with E-state index in [2.05, 4.69) is 9.80 Å². The molecule has 0 bridgehead atoms. The average molecular weight is 342 g/mol. The number of phenolic OH excluding ortho intramolecular Hbond substituents is 1. The Morgan fingerprint density at radius 3 is 2.35 bits per heavy atom. The molecule has 0 aliphatic carbocycles.